The molecule has 1 fully saturated rings. The van der Waals surface area contributed by atoms with Gasteiger partial charge in [0.25, 0.3) is 0 Å². The van der Waals surface area contributed by atoms with E-state index >= 15 is 0 Å². The number of carbonyl (C=O) groups is 1. The highest BCUT2D eigenvalue weighted by Gasteiger charge is 2.18. The molecule has 0 bridgehead atoms. The number of imidazole rings is 1. The van der Waals surface area contributed by atoms with Gasteiger partial charge in [-0.1, -0.05) is 6.07 Å². The smallest absolute Gasteiger partial charge is 0.230 e. The number of rotatable bonds is 5. The van der Waals surface area contributed by atoms with Crippen LogP contribution in [0.15, 0.2) is 60.8 Å². The molecule has 0 radical (unpaired) electrons. The largest absolute Gasteiger partial charge is 0.372 e. The summed E-state index contributed by atoms with van der Waals surface area (Å²) in [7, 11) is 0. The molecule has 1 amide bonds. The van der Waals surface area contributed by atoms with Crippen LogP contribution >= 0.6 is 0 Å². The standard InChI is InChI=1S/C27H27FN4O/c1-18-5-12-25-30-27(20-6-11-23(28)19(2)15-20)24(32(25)17-18)16-26(33)29-21-7-9-22(10-8-21)31-13-3-4-14-31/h5-12,15,17H,3-4,13-14,16H2,1-2H3,(H,29,33). The molecule has 6 heteroatoms. The van der Waals surface area contributed by atoms with Crippen molar-refractivity contribution < 1.29 is 9.18 Å². The van der Waals surface area contributed by atoms with Crippen LogP contribution in [0.25, 0.3) is 16.9 Å². The molecule has 3 heterocycles. The zero-order valence-electron chi connectivity index (χ0n) is 18.9. The van der Waals surface area contributed by atoms with Gasteiger partial charge in [-0.15, -0.1) is 0 Å². The molecule has 0 saturated carbocycles. The zero-order valence-corrected chi connectivity index (χ0v) is 18.9. The summed E-state index contributed by atoms with van der Waals surface area (Å²) in [6.45, 7) is 5.92. The fourth-order valence-electron chi connectivity index (χ4n) is 4.48. The van der Waals surface area contributed by atoms with Crippen LogP contribution < -0.4 is 10.2 Å². The lowest BCUT2D eigenvalue weighted by atomic mass is 10.1. The van der Waals surface area contributed by atoms with Gasteiger partial charge < -0.3 is 14.6 Å². The number of hydrogen-bond acceptors (Lipinski definition) is 3. The number of amides is 1. The number of aryl methyl sites for hydroxylation is 2. The number of hydrogen-bond donors (Lipinski definition) is 1. The lowest BCUT2D eigenvalue weighted by molar-refractivity contribution is -0.115. The van der Waals surface area contributed by atoms with Gasteiger partial charge >= 0.3 is 0 Å². The minimum absolute atomic E-state index is 0.118. The fraction of sp³-hybridized carbons (Fsp3) is 0.259. The number of fused-ring (bicyclic) bond motifs is 1. The first-order valence-electron chi connectivity index (χ1n) is 11.4. The van der Waals surface area contributed by atoms with Crippen LogP contribution in [0, 0.1) is 19.7 Å². The van der Waals surface area contributed by atoms with Gasteiger partial charge in [-0.3, -0.25) is 4.79 Å². The summed E-state index contributed by atoms with van der Waals surface area (Å²) in [5.41, 5.74) is 6.62. The Bertz CT molecular complexity index is 1320. The predicted molar refractivity (Wildman–Crippen MR) is 130 cm³/mol. The molecule has 0 aliphatic carbocycles. The van der Waals surface area contributed by atoms with Crippen molar-refractivity contribution in [1.82, 2.24) is 9.38 Å². The summed E-state index contributed by atoms with van der Waals surface area (Å²) in [6, 6.07) is 16.9. The minimum atomic E-state index is -0.255. The summed E-state index contributed by atoms with van der Waals surface area (Å²) in [5, 5.41) is 3.02. The van der Waals surface area contributed by atoms with Gasteiger partial charge in [0.2, 0.25) is 5.91 Å². The van der Waals surface area contributed by atoms with Crippen LogP contribution in [0.1, 0.15) is 29.7 Å². The second-order valence-electron chi connectivity index (χ2n) is 8.77. The first kappa shape index (κ1) is 21.2. The number of carbonyl (C=O) groups excluding carboxylic acids is 1. The lowest BCUT2D eigenvalue weighted by Gasteiger charge is -2.17. The topological polar surface area (TPSA) is 49.6 Å². The Morgan fingerprint density at radius 3 is 2.52 bits per heavy atom. The molecule has 5 rings (SSSR count). The number of pyridine rings is 1. The van der Waals surface area contributed by atoms with E-state index in [0.717, 1.165) is 41.2 Å². The van der Waals surface area contributed by atoms with E-state index in [1.165, 1.54) is 24.6 Å². The number of halogens is 1. The van der Waals surface area contributed by atoms with Crippen LogP contribution in [0.2, 0.25) is 0 Å². The second-order valence-corrected chi connectivity index (χ2v) is 8.77. The molecule has 1 aliphatic rings. The minimum Gasteiger partial charge on any atom is -0.372 e. The molecule has 2 aromatic carbocycles. The van der Waals surface area contributed by atoms with Gasteiger partial charge in [-0.25, -0.2) is 9.37 Å². The molecule has 5 nitrogen and oxygen atoms in total. The maximum Gasteiger partial charge on any atom is 0.230 e. The Kier molecular flexibility index (Phi) is 5.58. The van der Waals surface area contributed by atoms with Gasteiger partial charge in [0.05, 0.1) is 17.8 Å². The number of anilines is 2. The molecule has 1 aliphatic heterocycles. The van der Waals surface area contributed by atoms with Crippen molar-refractivity contribution in [2.24, 2.45) is 0 Å². The van der Waals surface area contributed by atoms with Crippen LogP contribution in [0.4, 0.5) is 15.8 Å². The highest BCUT2D eigenvalue weighted by Crippen LogP contribution is 2.28. The maximum atomic E-state index is 13.9. The average Bonchev–Trinajstić information content (AvgIpc) is 3.45. The summed E-state index contributed by atoms with van der Waals surface area (Å²) in [5.74, 6) is -0.373. The van der Waals surface area contributed by atoms with Crippen LogP contribution in [-0.4, -0.2) is 28.4 Å². The van der Waals surface area contributed by atoms with E-state index in [-0.39, 0.29) is 18.1 Å². The van der Waals surface area contributed by atoms with E-state index in [1.807, 2.05) is 41.8 Å². The first-order chi connectivity index (χ1) is 16.0. The zero-order chi connectivity index (χ0) is 22.9. The molecular weight excluding hydrogens is 415 g/mol. The van der Waals surface area contributed by atoms with Crippen molar-refractivity contribution in [1.29, 1.82) is 0 Å². The van der Waals surface area contributed by atoms with Gasteiger partial charge in [0.15, 0.2) is 0 Å². The first-order valence-corrected chi connectivity index (χ1v) is 11.4. The van der Waals surface area contributed by atoms with Crippen molar-refractivity contribution in [3.8, 4) is 11.3 Å². The number of aromatic nitrogens is 2. The summed E-state index contributed by atoms with van der Waals surface area (Å²) < 4.78 is 15.8. The van der Waals surface area contributed by atoms with Gasteiger partial charge in [-0.05, 0) is 86.3 Å². The Hall–Kier alpha value is -3.67. The van der Waals surface area contributed by atoms with E-state index < -0.39 is 0 Å². The molecule has 168 valence electrons. The van der Waals surface area contributed by atoms with Crippen molar-refractivity contribution >= 4 is 22.9 Å². The number of nitrogens with one attached hydrogen (secondary N) is 1. The highest BCUT2D eigenvalue weighted by molar-refractivity contribution is 5.93. The quantitative estimate of drug-likeness (QED) is 0.442. The molecule has 0 spiro atoms. The summed E-state index contributed by atoms with van der Waals surface area (Å²) >= 11 is 0. The lowest BCUT2D eigenvalue weighted by Crippen LogP contribution is -2.18. The summed E-state index contributed by atoms with van der Waals surface area (Å²) in [6.07, 6.45) is 4.60. The van der Waals surface area contributed by atoms with Gasteiger partial charge in [0.1, 0.15) is 11.5 Å². The fourth-order valence-corrected chi connectivity index (χ4v) is 4.48. The third kappa shape index (κ3) is 4.33. The SMILES string of the molecule is Cc1ccc2nc(-c3ccc(F)c(C)c3)c(CC(=O)Nc3ccc(N4CCCC4)cc3)n2c1. The van der Waals surface area contributed by atoms with Crippen LogP contribution in [0.5, 0.6) is 0 Å². The molecular formula is C27H27FN4O. The van der Waals surface area contributed by atoms with Crippen molar-refractivity contribution in [3.63, 3.8) is 0 Å². The van der Waals surface area contributed by atoms with Crippen molar-refractivity contribution in [3.05, 3.63) is 83.4 Å². The van der Waals surface area contributed by atoms with Crippen LogP contribution in [0.3, 0.4) is 0 Å². The average molecular weight is 443 g/mol. The van der Waals surface area contributed by atoms with Crippen molar-refractivity contribution in [2.75, 3.05) is 23.3 Å². The van der Waals surface area contributed by atoms with Crippen molar-refractivity contribution in [2.45, 2.75) is 33.1 Å². The molecule has 33 heavy (non-hydrogen) atoms. The molecule has 2 aromatic heterocycles. The molecule has 0 atom stereocenters. The van der Waals surface area contributed by atoms with E-state index in [0.29, 0.717) is 11.3 Å². The second kappa shape index (κ2) is 8.70. The molecule has 1 N–H and O–H groups in total. The highest BCUT2D eigenvalue weighted by atomic mass is 19.1. The number of benzene rings is 2. The Labute approximate surface area is 192 Å². The molecule has 1 saturated heterocycles. The van der Waals surface area contributed by atoms with E-state index in [2.05, 4.69) is 22.3 Å². The van der Waals surface area contributed by atoms with Gasteiger partial charge in [0, 0.05) is 36.2 Å². The summed E-state index contributed by atoms with van der Waals surface area (Å²) in [4.78, 5) is 20.2. The Morgan fingerprint density at radius 1 is 1.03 bits per heavy atom. The monoisotopic (exact) mass is 442 g/mol. The van der Waals surface area contributed by atoms with E-state index in [9.17, 15) is 9.18 Å². The predicted octanol–water partition coefficient (Wildman–Crippen LogP) is 5.54. The Balaban J connectivity index is 1.43. The Morgan fingerprint density at radius 2 is 1.79 bits per heavy atom. The molecule has 0 unspecified atom stereocenters. The third-order valence-corrected chi connectivity index (χ3v) is 6.25. The van der Waals surface area contributed by atoms with Crippen LogP contribution in [-0.2, 0) is 11.2 Å². The molecule has 4 aromatic rings. The van der Waals surface area contributed by atoms with Gasteiger partial charge in [-0.2, -0.15) is 0 Å². The third-order valence-electron chi connectivity index (χ3n) is 6.25. The maximum absolute atomic E-state index is 13.9. The van der Waals surface area contributed by atoms with E-state index in [4.69, 9.17) is 4.98 Å². The normalized spacial score (nSPS) is 13.6. The number of nitrogens with zero attached hydrogens (tertiary/aromatic N) is 3. The van der Waals surface area contributed by atoms with E-state index in [1.54, 1.807) is 19.1 Å².